The molecule has 1 N–H and O–H groups in total. The number of aromatic carboxylic acids is 1. The maximum Gasteiger partial charge on any atom is 0.410 e. The molecule has 3 aromatic rings. The number of hydrogen-bond acceptors (Lipinski definition) is 7. The number of carbonyl (C=O) groups is 3. The molecular formula is C30H37N5O5. The minimum Gasteiger partial charge on any atom is -0.477 e. The maximum absolute atomic E-state index is 12.5. The van der Waals surface area contributed by atoms with E-state index in [0.29, 0.717) is 24.1 Å². The molecule has 2 aromatic heterocycles. The van der Waals surface area contributed by atoms with Gasteiger partial charge in [0, 0.05) is 61.9 Å². The van der Waals surface area contributed by atoms with Gasteiger partial charge in [-0.3, -0.25) is 4.79 Å². The van der Waals surface area contributed by atoms with Gasteiger partial charge >= 0.3 is 12.1 Å². The van der Waals surface area contributed by atoms with Crippen LogP contribution in [0, 0.1) is 0 Å². The Balaban J connectivity index is 1.31. The predicted octanol–water partition coefficient (Wildman–Crippen LogP) is 4.83. The summed E-state index contributed by atoms with van der Waals surface area (Å²) in [5.74, 6) is -0.119. The number of carboxylic acids is 1. The van der Waals surface area contributed by atoms with Crippen LogP contribution in [0.15, 0.2) is 42.5 Å². The predicted molar refractivity (Wildman–Crippen MR) is 154 cm³/mol. The van der Waals surface area contributed by atoms with Crippen molar-refractivity contribution < 1.29 is 24.2 Å². The summed E-state index contributed by atoms with van der Waals surface area (Å²) in [5, 5.41) is 10.7. The Hall–Kier alpha value is -4.08. The number of piperazine rings is 1. The molecule has 40 heavy (non-hydrogen) atoms. The largest absolute Gasteiger partial charge is 0.477 e. The van der Waals surface area contributed by atoms with E-state index in [-0.39, 0.29) is 29.7 Å². The van der Waals surface area contributed by atoms with Gasteiger partial charge < -0.3 is 29.1 Å². The van der Waals surface area contributed by atoms with Gasteiger partial charge in [-0.05, 0) is 83.0 Å². The summed E-state index contributed by atoms with van der Waals surface area (Å²) >= 11 is 0. The number of carboxylic acid groups (broad SMARTS) is 1. The quantitative estimate of drug-likeness (QED) is 0.437. The molecule has 1 amide bonds. The van der Waals surface area contributed by atoms with Gasteiger partial charge in [0.1, 0.15) is 22.8 Å². The van der Waals surface area contributed by atoms with Crippen molar-refractivity contribution in [1.29, 1.82) is 0 Å². The van der Waals surface area contributed by atoms with Crippen molar-refractivity contribution in [3.63, 3.8) is 0 Å². The molecular weight excluding hydrogens is 510 g/mol. The van der Waals surface area contributed by atoms with Crippen LogP contribution in [-0.2, 0) is 4.74 Å². The molecule has 10 nitrogen and oxygen atoms in total. The first-order valence-electron chi connectivity index (χ1n) is 13.7. The molecule has 0 bridgehead atoms. The van der Waals surface area contributed by atoms with Crippen LogP contribution in [0.2, 0.25) is 0 Å². The van der Waals surface area contributed by atoms with Gasteiger partial charge in [0.25, 0.3) is 0 Å². The maximum atomic E-state index is 12.5. The third kappa shape index (κ3) is 5.48. The van der Waals surface area contributed by atoms with Gasteiger partial charge in [-0.15, -0.1) is 0 Å². The number of hydrogen-bond donors (Lipinski definition) is 1. The monoisotopic (exact) mass is 547 g/mol. The van der Waals surface area contributed by atoms with E-state index >= 15 is 0 Å². The molecule has 1 saturated carbocycles. The second-order valence-corrected chi connectivity index (χ2v) is 11.7. The minimum absolute atomic E-state index is 0.0280. The smallest absolute Gasteiger partial charge is 0.410 e. The summed E-state index contributed by atoms with van der Waals surface area (Å²) in [6.45, 7) is 10.2. The summed E-state index contributed by atoms with van der Waals surface area (Å²) in [6.07, 6.45) is 0.890. The van der Waals surface area contributed by atoms with Gasteiger partial charge in [0.05, 0.1) is 0 Å². The van der Waals surface area contributed by atoms with Crippen LogP contribution in [-0.4, -0.2) is 82.3 Å². The zero-order chi connectivity index (χ0) is 28.8. The molecule has 212 valence electrons. The lowest BCUT2D eigenvalue weighted by atomic mass is 9.85. The molecule has 0 unspecified atom stereocenters. The van der Waals surface area contributed by atoms with Crippen LogP contribution in [0.5, 0.6) is 0 Å². The van der Waals surface area contributed by atoms with E-state index in [9.17, 15) is 19.5 Å². The number of aromatic nitrogens is 2. The van der Waals surface area contributed by atoms with Gasteiger partial charge in [-0.2, -0.15) is 0 Å². The normalized spacial score (nSPS) is 19.3. The van der Waals surface area contributed by atoms with E-state index < -0.39 is 11.6 Å². The standard InChI is InChI=1S/C30H37N5O5/c1-19(36)20-6-9-22(10-7-20)33-12-14-34(15-13-33)26-11-8-21-16-25(28(37)38)35(27(21)31-26)24-17-23(18-24)32(5)29(39)40-30(2,3)4/h6-11,16,23-24H,12-15,17-18H2,1-5H3,(H,37,38). The van der Waals surface area contributed by atoms with E-state index in [1.807, 2.05) is 61.7 Å². The van der Waals surface area contributed by atoms with Crippen LogP contribution in [0.25, 0.3) is 11.0 Å². The zero-order valence-electron chi connectivity index (χ0n) is 23.8. The van der Waals surface area contributed by atoms with Gasteiger partial charge in [-0.1, -0.05) is 0 Å². The molecule has 1 saturated heterocycles. The Morgan fingerprint density at radius 2 is 1.60 bits per heavy atom. The number of Topliss-reactive ketones (excluding diaryl/α,β-unsaturated/α-hetero) is 1. The number of nitrogens with zero attached hydrogens (tertiary/aromatic N) is 5. The number of pyridine rings is 1. The molecule has 10 heteroatoms. The number of rotatable bonds is 6. The Morgan fingerprint density at radius 3 is 2.17 bits per heavy atom. The lowest BCUT2D eigenvalue weighted by Gasteiger charge is -2.42. The second-order valence-electron chi connectivity index (χ2n) is 11.7. The van der Waals surface area contributed by atoms with Crippen molar-refractivity contribution in [3.8, 4) is 0 Å². The van der Waals surface area contributed by atoms with Crippen molar-refractivity contribution in [2.45, 2.75) is 58.2 Å². The molecule has 1 aromatic carbocycles. The van der Waals surface area contributed by atoms with Crippen LogP contribution in [0.4, 0.5) is 16.3 Å². The molecule has 2 fully saturated rings. The highest BCUT2D eigenvalue weighted by Crippen LogP contribution is 2.40. The Labute approximate surface area is 234 Å². The second kappa shape index (κ2) is 10.5. The molecule has 2 aliphatic rings. The molecule has 3 heterocycles. The lowest BCUT2D eigenvalue weighted by Crippen LogP contribution is -2.48. The third-order valence-electron chi connectivity index (χ3n) is 7.81. The fourth-order valence-electron chi connectivity index (χ4n) is 5.47. The van der Waals surface area contributed by atoms with Crippen LogP contribution >= 0.6 is 0 Å². The van der Waals surface area contributed by atoms with Crippen molar-refractivity contribution >= 4 is 40.4 Å². The summed E-state index contributed by atoms with van der Waals surface area (Å²) in [4.78, 5) is 47.3. The van der Waals surface area contributed by atoms with Crippen LogP contribution in [0.3, 0.4) is 0 Å². The Bertz CT molecular complexity index is 1430. The van der Waals surface area contributed by atoms with Crippen molar-refractivity contribution in [3.05, 3.63) is 53.7 Å². The van der Waals surface area contributed by atoms with Crippen LogP contribution < -0.4 is 9.80 Å². The number of carbonyl (C=O) groups excluding carboxylic acids is 2. The number of benzene rings is 1. The van der Waals surface area contributed by atoms with E-state index in [1.165, 1.54) is 0 Å². The van der Waals surface area contributed by atoms with E-state index in [0.717, 1.165) is 43.1 Å². The van der Waals surface area contributed by atoms with Crippen molar-refractivity contribution in [2.24, 2.45) is 0 Å². The highest BCUT2D eigenvalue weighted by molar-refractivity contribution is 5.95. The minimum atomic E-state index is -0.993. The number of amides is 1. The highest BCUT2D eigenvalue weighted by Gasteiger charge is 2.39. The first-order chi connectivity index (χ1) is 18.9. The first-order valence-corrected chi connectivity index (χ1v) is 13.7. The highest BCUT2D eigenvalue weighted by atomic mass is 16.6. The zero-order valence-corrected chi connectivity index (χ0v) is 23.8. The summed E-state index contributed by atoms with van der Waals surface area (Å²) in [7, 11) is 1.73. The molecule has 0 spiro atoms. The lowest BCUT2D eigenvalue weighted by molar-refractivity contribution is 0.00764. The third-order valence-corrected chi connectivity index (χ3v) is 7.81. The van der Waals surface area contributed by atoms with E-state index in [1.54, 1.807) is 24.9 Å². The number of anilines is 2. The Morgan fingerprint density at radius 1 is 0.975 bits per heavy atom. The van der Waals surface area contributed by atoms with Crippen LogP contribution in [0.1, 0.15) is 67.4 Å². The SMILES string of the molecule is CC(=O)c1ccc(N2CCN(c3ccc4cc(C(=O)O)n(C5CC(N(C)C(=O)OC(C)(C)C)C5)c4n3)CC2)cc1. The van der Waals surface area contributed by atoms with Gasteiger partial charge in [-0.25, -0.2) is 14.6 Å². The molecule has 1 aliphatic heterocycles. The fourth-order valence-corrected chi connectivity index (χ4v) is 5.47. The average molecular weight is 548 g/mol. The summed E-state index contributed by atoms with van der Waals surface area (Å²) < 4.78 is 7.33. The number of fused-ring (bicyclic) bond motifs is 1. The van der Waals surface area contributed by atoms with Gasteiger partial charge in [0.15, 0.2) is 5.78 Å². The Kier molecular flexibility index (Phi) is 7.20. The van der Waals surface area contributed by atoms with Crippen molar-refractivity contribution in [2.75, 3.05) is 43.0 Å². The fraction of sp³-hybridized carbons (Fsp3) is 0.467. The first kappa shape index (κ1) is 27.5. The molecule has 1 aliphatic carbocycles. The van der Waals surface area contributed by atoms with Crippen molar-refractivity contribution in [1.82, 2.24) is 14.5 Å². The number of ether oxygens (including phenoxy) is 1. The molecule has 5 rings (SSSR count). The topological polar surface area (TPSA) is 108 Å². The molecule has 0 atom stereocenters. The number of ketones is 1. The van der Waals surface area contributed by atoms with Gasteiger partial charge in [0.2, 0.25) is 0 Å². The summed E-state index contributed by atoms with van der Waals surface area (Å²) in [5.41, 5.74) is 2.08. The average Bonchev–Trinajstić information content (AvgIpc) is 3.26. The summed E-state index contributed by atoms with van der Waals surface area (Å²) in [6, 6.07) is 13.2. The van der Waals surface area contributed by atoms with E-state index in [2.05, 4.69) is 9.80 Å². The van der Waals surface area contributed by atoms with E-state index in [4.69, 9.17) is 9.72 Å². The molecule has 0 radical (unpaired) electrons.